The molecule has 2 aromatic heterocycles. The third-order valence-electron chi connectivity index (χ3n) is 5.10. The summed E-state index contributed by atoms with van der Waals surface area (Å²) in [6.45, 7) is 3.40. The summed E-state index contributed by atoms with van der Waals surface area (Å²) in [6.07, 6.45) is 3.25. The monoisotopic (exact) mass is 430 g/mol. The van der Waals surface area contributed by atoms with E-state index in [0.717, 1.165) is 12.8 Å². The number of furan rings is 1. The maximum Gasteiger partial charge on any atom is 0.309 e. The molecule has 1 N–H and O–H groups in total. The Morgan fingerprint density at radius 1 is 1.17 bits per heavy atom. The fraction of sp³-hybridized carbons (Fsp3) is 0.350. The van der Waals surface area contributed by atoms with Crippen molar-refractivity contribution in [2.75, 3.05) is 13.1 Å². The van der Waals surface area contributed by atoms with E-state index in [-0.39, 0.29) is 23.2 Å². The number of carbonyl (C=O) groups excluding carboxylic acids is 1. The molecule has 3 heterocycles. The molecule has 1 saturated heterocycles. The van der Waals surface area contributed by atoms with E-state index in [1.54, 1.807) is 24.3 Å². The van der Waals surface area contributed by atoms with E-state index in [1.807, 2.05) is 0 Å². The molecule has 0 unspecified atom stereocenters. The van der Waals surface area contributed by atoms with Gasteiger partial charge in [0, 0.05) is 18.7 Å². The summed E-state index contributed by atoms with van der Waals surface area (Å²) in [6, 6.07) is 9.68. The van der Waals surface area contributed by atoms with Gasteiger partial charge in [-0.2, -0.15) is 4.31 Å². The van der Waals surface area contributed by atoms with Crippen LogP contribution in [0.5, 0.6) is 0 Å². The van der Waals surface area contributed by atoms with Crippen molar-refractivity contribution in [2.45, 2.75) is 31.2 Å². The minimum Gasteiger partial charge on any atom is -0.467 e. The van der Waals surface area contributed by atoms with E-state index in [4.69, 9.17) is 8.83 Å². The predicted octanol–water partition coefficient (Wildman–Crippen LogP) is 2.68. The zero-order valence-electron chi connectivity index (χ0n) is 16.4. The predicted molar refractivity (Wildman–Crippen MR) is 107 cm³/mol. The minimum absolute atomic E-state index is 0.133. The maximum atomic E-state index is 12.8. The van der Waals surface area contributed by atoms with Crippen LogP contribution in [-0.2, 0) is 16.6 Å². The standard InChI is InChI=1S/C20H22N4O5S/c1-14-8-10-24(11-9-14)30(26,27)17-6-4-15(5-7-17)19-22-23-20(29-19)18(25)21-13-16-3-2-12-28-16/h2-7,12,14H,8-11,13H2,1H3,(H,21,25). The number of piperidine rings is 1. The Morgan fingerprint density at radius 3 is 2.57 bits per heavy atom. The van der Waals surface area contributed by atoms with Gasteiger partial charge in [-0.1, -0.05) is 6.92 Å². The fourth-order valence-electron chi connectivity index (χ4n) is 3.23. The Kier molecular flexibility index (Phi) is 5.69. The summed E-state index contributed by atoms with van der Waals surface area (Å²) in [5.41, 5.74) is 0.527. The number of rotatable bonds is 6. The number of sulfonamides is 1. The highest BCUT2D eigenvalue weighted by atomic mass is 32.2. The highest BCUT2D eigenvalue weighted by Crippen LogP contribution is 2.25. The second-order valence-corrected chi connectivity index (χ2v) is 9.22. The van der Waals surface area contributed by atoms with E-state index in [1.165, 1.54) is 22.7 Å². The molecule has 4 rings (SSSR count). The first-order valence-corrected chi connectivity index (χ1v) is 11.1. The van der Waals surface area contributed by atoms with E-state index >= 15 is 0 Å². The number of hydrogen-bond acceptors (Lipinski definition) is 7. The topological polar surface area (TPSA) is 119 Å². The second kappa shape index (κ2) is 8.41. The highest BCUT2D eigenvalue weighted by molar-refractivity contribution is 7.89. The molecule has 0 aliphatic carbocycles. The van der Waals surface area contributed by atoms with Gasteiger partial charge in [0.05, 0.1) is 17.7 Å². The van der Waals surface area contributed by atoms with Crippen LogP contribution in [-0.4, -0.2) is 41.9 Å². The Labute approximate surface area is 174 Å². The molecule has 1 aliphatic rings. The number of aromatic nitrogens is 2. The Bertz CT molecular complexity index is 1100. The zero-order valence-corrected chi connectivity index (χ0v) is 17.3. The molecule has 1 aliphatic heterocycles. The number of nitrogens with zero attached hydrogens (tertiary/aromatic N) is 3. The molecule has 10 heteroatoms. The molecule has 1 amide bonds. The van der Waals surface area contributed by atoms with Crippen molar-refractivity contribution in [2.24, 2.45) is 5.92 Å². The highest BCUT2D eigenvalue weighted by Gasteiger charge is 2.28. The molecular weight excluding hydrogens is 408 g/mol. The quantitative estimate of drug-likeness (QED) is 0.638. The molecule has 1 aromatic carbocycles. The molecule has 30 heavy (non-hydrogen) atoms. The van der Waals surface area contributed by atoms with Crippen molar-refractivity contribution in [1.29, 1.82) is 0 Å². The van der Waals surface area contributed by atoms with Gasteiger partial charge in [-0.15, -0.1) is 10.2 Å². The normalized spacial score (nSPS) is 15.9. The largest absolute Gasteiger partial charge is 0.467 e. The first-order chi connectivity index (χ1) is 14.4. The summed E-state index contributed by atoms with van der Waals surface area (Å²) in [5.74, 6) is 0.568. The van der Waals surface area contributed by atoms with Gasteiger partial charge in [0.25, 0.3) is 0 Å². The lowest BCUT2D eigenvalue weighted by Gasteiger charge is -2.29. The number of amides is 1. The molecule has 0 bridgehead atoms. The van der Waals surface area contributed by atoms with E-state index < -0.39 is 15.9 Å². The minimum atomic E-state index is -3.53. The van der Waals surface area contributed by atoms with Crippen molar-refractivity contribution in [3.63, 3.8) is 0 Å². The lowest BCUT2D eigenvalue weighted by atomic mass is 10.0. The number of carbonyl (C=O) groups is 1. The van der Waals surface area contributed by atoms with Gasteiger partial charge in [-0.3, -0.25) is 4.79 Å². The Balaban J connectivity index is 1.43. The van der Waals surface area contributed by atoms with Gasteiger partial charge >= 0.3 is 11.8 Å². The van der Waals surface area contributed by atoms with Gasteiger partial charge in [0.2, 0.25) is 15.9 Å². The molecule has 1 fully saturated rings. The maximum absolute atomic E-state index is 12.8. The van der Waals surface area contributed by atoms with Crippen LogP contribution in [0.15, 0.2) is 56.4 Å². The van der Waals surface area contributed by atoms with Crippen molar-refractivity contribution in [3.8, 4) is 11.5 Å². The molecule has 158 valence electrons. The lowest BCUT2D eigenvalue weighted by Crippen LogP contribution is -2.37. The average molecular weight is 430 g/mol. The van der Waals surface area contributed by atoms with E-state index in [0.29, 0.717) is 30.3 Å². The van der Waals surface area contributed by atoms with Crippen molar-refractivity contribution in [1.82, 2.24) is 19.8 Å². The van der Waals surface area contributed by atoms with Gasteiger partial charge in [0.1, 0.15) is 5.76 Å². The van der Waals surface area contributed by atoms with Crippen LogP contribution in [0, 0.1) is 5.92 Å². The van der Waals surface area contributed by atoms with E-state index in [2.05, 4.69) is 22.4 Å². The molecule has 0 atom stereocenters. The number of hydrogen-bond donors (Lipinski definition) is 1. The van der Waals surface area contributed by atoms with Crippen LogP contribution in [0.3, 0.4) is 0 Å². The van der Waals surface area contributed by atoms with Crippen molar-refractivity contribution < 1.29 is 22.0 Å². The number of nitrogens with one attached hydrogen (secondary N) is 1. The van der Waals surface area contributed by atoms with Crippen LogP contribution < -0.4 is 5.32 Å². The fourth-order valence-corrected chi connectivity index (χ4v) is 4.70. The summed E-state index contributed by atoms with van der Waals surface area (Å²) in [5, 5.41) is 10.3. The molecular formula is C20H22N4O5S. The third-order valence-corrected chi connectivity index (χ3v) is 7.02. The van der Waals surface area contributed by atoms with Crippen LogP contribution in [0.25, 0.3) is 11.5 Å². The first kappa shape index (κ1) is 20.3. The summed E-state index contributed by atoms with van der Waals surface area (Å²) in [4.78, 5) is 12.4. The van der Waals surface area contributed by atoms with Crippen LogP contribution in [0.1, 0.15) is 36.2 Å². The Hall–Kier alpha value is -2.98. The van der Waals surface area contributed by atoms with Gasteiger partial charge < -0.3 is 14.2 Å². The van der Waals surface area contributed by atoms with Crippen molar-refractivity contribution in [3.05, 3.63) is 54.3 Å². The van der Waals surface area contributed by atoms with Gasteiger partial charge in [0.15, 0.2) is 0 Å². The molecule has 0 spiro atoms. The van der Waals surface area contributed by atoms with Crippen molar-refractivity contribution >= 4 is 15.9 Å². The summed E-state index contributed by atoms with van der Waals surface area (Å²) >= 11 is 0. The van der Waals surface area contributed by atoms with Crippen LogP contribution in [0.4, 0.5) is 0 Å². The molecule has 9 nitrogen and oxygen atoms in total. The lowest BCUT2D eigenvalue weighted by molar-refractivity contribution is 0.0914. The summed E-state index contributed by atoms with van der Waals surface area (Å²) < 4.78 is 37.7. The smallest absolute Gasteiger partial charge is 0.309 e. The molecule has 3 aromatic rings. The number of benzene rings is 1. The van der Waals surface area contributed by atoms with Gasteiger partial charge in [-0.25, -0.2) is 8.42 Å². The van der Waals surface area contributed by atoms with Gasteiger partial charge in [-0.05, 0) is 55.2 Å². The zero-order chi connectivity index (χ0) is 21.1. The van der Waals surface area contributed by atoms with Crippen LogP contribution >= 0.6 is 0 Å². The van der Waals surface area contributed by atoms with E-state index in [9.17, 15) is 13.2 Å². The molecule has 0 radical (unpaired) electrons. The second-order valence-electron chi connectivity index (χ2n) is 7.29. The SMILES string of the molecule is CC1CCN(S(=O)(=O)c2ccc(-c3nnc(C(=O)NCc4ccco4)o3)cc2)CC1. The third kappa shape index (κ3) is 4.29. The molecule has 0 saturated carbocycles. The first-order valence-electron chi connectivity index (χ1n) is 9.68. The average Bonchev–Trinajstić information content (AvgIpc) is 3.45. The summed E-state index contributed by atoms with van der Waals surface area (Å²) in [7, 11) is -3.53. The van der Waals surface area contributed by atoms with Crippen LogP contribution in [0.2, 0.25) is 0 Å². The Morgan fingerprint density at radius 2 is 1.90 bits per heavy atom.